The standard InChI is InChI=1S/C28H40N4O4/c1-19(2)29-28(34)30-23-12-13-24-25(14-23)36-18-21(4)32(16-22-10-8-7-9-11-22)15-20(3)26(35-6)17-31(5)27(24)33/h7-14,19-21,26H,15-18H2,1-6H3,(H2,29,30,34)/t20-,21+,26-/m0/s1. The van der Waals surface area contributed by atoms with Crippen molar-refractivity contribution in [1.29, 1.82) is 0 Å². The summed E-state index contributed by atoms with van der Waals surface area (Å²) in [5, 5.41) is 5.63. The maximum Gasteiger partial charge on any atom is 0.319 e. The van der Waals surface area contributed by atoms with Crippen LogP contribution in [0, 0.1) is 5.92 Å². The zero-order valence-electron chi connectivity index (χ0n) is 22.3. The van der Waals surface area contributed by atoms with Crippen molar-refractivity contribution < 1.29 is 19.1 Å². The lowest BCUT2D eigenvalue weighted by Crippen LogP contribution is -2.46. The average molecular weight is 497 g/mol. The monoisotopic (exact) mass is 496 g/mol. The Morgan fingerprint density at radius 3 is 2.53 bits per heavy atom. The maximum absolute atomic E-state index is 13.4. The highest BCUT2D eigenvalue weighted by Gasteiger charge is 2.28. The van der Waals surface area contributed by atoms with Crippen molar-refractivity contribution in [3.63, 3.8) is 0 Å². The summed E-state index contributed by atoms with van der Waals surface area (Å²) in [6.45, 7) is 10.5. The van der Waals surface area contributed by atoms with Crippen molar-refractivity contribution >= 4 is 17.6 Å². The number of carbonyl (C=O) groups is 2. The van der Waals surface area contributed by atoms with Crippen molar-refractivity contribution in [2.75, 3.05) is 39.2 Å². The number of likely N-dealkylation sites (N-methyl/N-ethyl adjacent to an activating group) is 1. The van der Waals surface area contributed by atoms with E-state index in [1.54, 1.807) is 37.3 Å². The molecule has 1 heterocycles. The number of fused-ring (bicyclic) bond motifs is 1. The molecule has 3 amide bonds. The number of hydrogen-bond acceptors (Lipinski definition) is 5. The number of methoxy groups -OCH3 is 1. The molecule has 36 heavy (non-hydrogen) atoms. The molecule has 0 saturated heterocycles. The first-order valence-corrected chi connectivity index (χ1v) is 12.6. The zero-order valence-corrected chi connectivity index (χ0v) is 22.3. The molecule has 8 nitrogen and oxygen atoms in total. The number of rotatable bonds is 5. The third kappa shape index (κ3) is 7.45. The maximum atomic E-state index is 13.4. The van der Waals surface area contributed by atoms with E-state index in [9.17, 15) is 9.59 Å². The topological polar surface area (TPSA) is 83.1 Å². The molecule has 0 radical (unpaired) electrons. The minimum Gasteiger partial charge on any atom is -0.491 e. The third-order valence-corrected chi connectivity index (χ3v) is 6.48. The highest BCUT2D eigenvalue weighted by molar-refractivity contribution is 5.98. The first-order valence-electron chi connectivity index (χ1n) is 12.6. The van der Waals surface area contributed by atoms with Crippen LogP contribution < -0.4 is 15.4 Å². The lowest BCUT2D eigenvalue weighted by molar-refractivity contribution is 0.00922. The van der Waals surface area contributed by atoms with Gasteiger partial charge in [-0.15, -0.1) is 0 Å². The molecule has 0 aromatic heterocycles. The third-order valence-electron chi connectivity index (χ3n) is 6.48. The summed E-state index contributed by atoms with van der Waals surface area (Å²) < 4.78 is 12.1. The molecular weight excluding hydrogens is 456 g/mol. The molecule has 0 fully saturated rings. The van der Waals surface area contributed by atoms with Crippen LogP contribution >= 0.6 is 0 Å². The summed E-state index contributed by atoms with van der Waals surface area (Å²) in [4.78, 5) is 29.7. The fourth-order valence-electron chi connectivity index (χ4n) is 4.39. The van der Waals surface area contributed by atoms with Crippen LogP contribution in [-0.4, -0.2) is 73.8 Å². The van der Waals surface area contributed by atoms with Gasteiger partial charge in [0, 0.05) is 57.6 Å². The number of ether oxygens (including phenoxy) is 2. The number of nitrogens with one attached hydrogen (secondary N) is 2. The second-order valence-corrected chi connectivity index (χ2v) is 9.98. The van der Waals surface area contributed by atoms with Crippen LogP contribution in [0.15, 0.2) is 48.5 Å². The van der Waals surface area contributed by atoms with Gasteiger partial charge in [-0.2, -0.15) is 0 Å². The lowest BCUT2D eigenvalue weighted by Gasteiger charge is -2.36. The zero-order chi connectivity index (χ0) is 26.2. The molecule has 2 N–H and O–H groups in total. The Kier molecular flexibility index (Phi) is 9.73. The van der Waals surface area contributed by atoms with Gasteiger partial charge < -0.3 is 25.0 Å². The van der Waals surface area contributed by atoms with E-state index in [1.807, 2.05) is 19.9 Å². The van der Waals surface area contributed by atoms with E-state index in [2.05, 4.69) is 53.6 Å². The average Bonchev–Trinajstić information content (AvgIpc) is 2.84. The van der Waals surface area contributed by atoms with E-state index in [1.165, 1.54) is 5.56 Å². The highest BCUT2D eigenvalue weighted by Crippen LogP contribution is 2.27. The summed E-state index contributed by atoms with van der Waals surface area (Å²) >= 11 is 0. The second kappa shape index (κ2) is 12.7. The molecule has 0 bridgehead atoms. The minimum atomic E-state index is -0.305. The summed E-state index contributed by atoms with van der Waals surface area (Å²) in [5.41, 5.74) is 2.25. The predicted molar refractivity (Wildman–Crippen MR) is 142 cm³/mol. The van der Waals surface area contributed by atoms with Gasteiger partial charge in [-0.25, -0.2) is 4.79 Å². The number of carbonyl (C=O) groups excluding carboxylic acids is 2. The molecular formula is C28H40N4O4. The van der Waals surface area contributed by atoms with E-state index in [-0.39, 0.29) is 36.0 Å². The van der Waals surface area contributed by atoms with Crippen molar-refractivity contribution in [3.8, 4) is 5.75 Å². The van der Waals surface area contributed by atoms with Gasteiger partial charge in [0.1, 0.15) is 12.4 Å². The van der Waals surface area contributed by atoms with Crippen LogP contribution in [0.4, 0.5) is 10.5 Å². The first-order chi connectivity index (χ1) is 17.2. The SMILES string of the molecule is CO[C@H]1CN(C)C(=O)c2ccc(NC(=O)NC(C)C)cc2OC[C@@H](C)N(Cc2ccccc2)C[C@@H]1C. The fourth-order valence-corrected chi connectivity index (χ4v) is 4.39. The largest absolute Gasteiger partial charge is 0.491 e. The van der Waals surface area contributed by atoms with E-state index < -0.39 is 0 Å². The predicted octanol–water partition coefficient (Wildman–Crippen LogP) is 4.22. The molecule has 3 rings (SSSR count). The molecule has 3 atom stereocenters. The van der Waals surface area contributed by atoms with Crippen LogP contribution in [-0.2, 0) is 11.3 Å². The molecule has 1 aliphatic heterocycles. The minimum absolute atomic E-state index is 0.00772. The Hall–Kier alpha value is -3.10. The van der Waals surface area contributed by atoms with Crippen LogP contribution in [0.25, 0.3) is 0 Å². The normalized spacial score (nSPS) is 21.7. The van der Waals surface area contributed by atoms with Crippen LogP contribution in [0.2, 0.25) is 0 Å². The molecule has 0 unspecified atom stereocenters. The van der Waals surface area contributed by atoms with Crippen molar-refractivity contribution in [3.05, 3.63) is 59.7 Å². The number of amides is 3. The molecule has 196 valence electrons. The van der Waals surface area contributed by atoms with E-state index in [0.717, 1.165) is 13.1 Å². The molecule has 0 spiro atoms. The Bertz CT molecular complexity index is 1010. The first kappa shape index (κ1) is 27.5. The number of urea groups is 1. The quantitative estimate of drug-likeness (QED) is 0.648. The molecule has 2 aromatic rings. The van der Waals surface area contributed by atoms with Crippen molar-refractivity contribution in [1.82, 2.24) is 15.1 Å². The van der Waals surface area contributed by atoms with Gasteiger partial charge in [0.05, 0.1) is 11.7 Å². The van der Waals surface area contributed by atoms with Gasteiger partial charge in [0.2, 0.25) is 0 Å². The smallest absolute Gasteiger partial charge is 0.319 e. The van der Waals surface area contributed by atoms with Gasteiger partial charge in [-0.1, -0.05) is 37.3 Å². The number of nitrogens with zero attached hydrogens (tertiary/aromatic N) is 2. The summed E-state index contributed by atoms with van der Waals surface area (Å²) in [6.07, 6.45) is -0.117. The molecule has 8 heteroatoms. The number of anilines is 1. The molecule has 2 aromatic carbocycles. The number of benzene rings is 2. The van der Waals surface area contributed by atoms with Gasteiger partial charge in [0.25, 0.3) is 5.91 Å². The van der Waals surface area contributed by atoms with E-state index in [0.29, 0.717) is 30.2 Å². The summed E-state index contributed by atoms with van der Waals surface area (Å²) in [7, 11) is 3.48. The molecule has 0 saturated carbocycles. The van der Waals surface area contributed by atoms with Crippen LogP contribution in [0.1, 0.15) is 43.6 Å². The fraction of sp³-hybridized carbons (Fsp3) is 0.500. The second-order valence-electron chi connectivity index (χ2n) is 9.98. The number of hydrogen-bond donors (Lipinski definition) is 2. The highest BCUT2D eigenvalue weighted by atomic mass is 16.5. The van der Waals surface area contributed by atoms with Crippen LogP contribution in [0.5, 0.6) is 5.75 Å². The van der Waals surface area contributed by atoms with Gasteiger partial charge in [0.15, 0.2) is 0 Å². The van der Waals surface area contributed by atoms with Gasteiger partial charge in [-0.05, 0) is 44.4 Å². The summed E-state index contributed by atoms with van der Waals surface area (Å²) in [6, 6.07) is 15.3. The Morgan fingerprint density at radius 2 is 1.86 bits per heavy atom. The van der Waals surface area contributed by atoms with Gasteiger partial charge in [-0.3, -0.25) is 9.69 Å². The molecule has 1 aliphatic rings. The Labute approximate surface area is 214 Å². The van der Waals surface area contributed by atoms with Crippen molar-refractivity contribution in [2.45, 2.75) is 52.4 Å². The Balaban J connectivity index is 1.91. The van der Waals surface area contributed by atoms with Gasteiger partial charge >= 0.3 is 6.03 Å². The van der Waals surface area contributed by atoms with E-state index in [4.69, 9.17) is 9.47 Å². The van der Waals surface area contributed by atoms with Crippen molar-refractivity contribution in [2.24, 2.45) is 5.92 Å². The molecule has 0 aliphatic carbocycles. The summed E-state index contributed by atoms with van der Waals surface area (Å²) in [5.74, 6) is 0.497. The lowest BCUT2D eigenvalue weighted by atomic mass is 10.0. The van der Waals surface area contributed by atoms with Crippen LogP contribution in [0.3, 0.4) is 0 Å². The van der Waals surface area contributed by atoms with E-state index >= 15 is 0 Å². The Morgan fingerprint density at radius 1 is 1.14 bits per heavy atom.